The first-order valence-corrected chi connectivity index (χ1v) is 6.14. The predicted molar refractivity (Wildman–Crippen MR) is 65.9 cm³/mol. The number of fused-ring (bicyclic) bond motifs is 1. The minimum Gasteiger partial charge on any atom is -0.356 e. The molecular formula is C12H10N2O2S. The van der Waals surface area contributed by atoms with Gasteiger partial charge in [0, 0.05) is 16.5 Å². The Hall–Kier alpha value is -1.75. The number of anilines is 1. The molecule has 3 rings (SSSR count). The summed E-state index contributed by atoms with van der Waals surface area (Å²) in [5.74, 6) is 0.739. The minimum absolute atomic E-state index is 0.0391. The second kappa shape index (κ2) is 3.92. The van der Waals surface area contributed by atoms with Crippen LogP contribution in [-0.2, 0) is 4.79 Å². The number of hydrogen-bond acceptors (Lipinski definition) is 4. The molecule has 0 aliphatic carbocycles. The van der Waals surface area contributed by atoms with Crippen LogP contribution in [0.15, 0.2) is 39.9 Å². The number of thioether (sulfide) groups is 1. The highest BCUT2D eigenvalue weighted by molar-refractivity contribution is 8.00. The van der Waals surface area contributed by atoms with Gasteiger partial charge >= 0.3 is 0 Å². The summed E-state index contributed by atoms with van der Waals surface area (Å²) in [6, 6.07) is 7.67. The quantitative estimate of drug-likeness (QED) is 0.840. The van der Waals surface area contributed by atoms with E-state index in [1.165, 1.54) is 0 Å². The first-order chi connectivity index (χ1) is 8.24. The van der Waals surface area contributed by atoms with E-state index in [1.54, 1.807) is 24.0 Å². The van der Waals surface area contributed by atoms with Gasteiger partial charge in [-0.25, -0.2) is 0 Å². The molecule has 1 aliphatic heterocycles. The average molecular weight is 246 g/mol. The van der Waals surface area contributed by atoms with Gasteiger partial charge in [0.25, 0.3) is 0 Å². The van der Waals surface area contributed by atoms with Crippen LogP contribution < -0.4 is 5.32 Å². The number of nitrogens with one attached hydrogen (secondary N) is 1. The summed E-state index contributed by atoms with van der Waals surface area (Å²) >= 11 is 1.57. The molecule has 5 heteroatoms. The summed E-state index contributed by atoms with van der Waals surface area (Å²) in [6.07, 6.45) is 1.60. The van der Waals surface area contributed by atoms with Crippen molar-refractivity contribution in [1.82, 2.24) is 5.16 Å². The van der Waals surface area contributed by atoms with Gasteiger partial charge in [-0.1, -0.05) is 5.16 Å². The number of amides is 1. The van der Waals surface area contributed by atoms with E-state index in [-0.39, 0.29) is 11.2 Å². The van der Waals surface area contributed by atoms with Crippen LogP contribution in [0.5, 0.6) is 0 Å². The fraction of sp³-hybridized carbons (Fsp3) is 0.167. The van der Waals surface area contributed by atoms with Crippen LogP contribution in [0.3, 0.4) is 0 Å². The SMILES string of the molecule is CC1Sc2ccc(-c3ccno3)cc2NC1=O. The number of nitrogens with zero attached hydrogens (tertiary/aromatic N) is 1. The van der Waals surface area contributed by atoms with E-state index < -0.39 is 0 Å². The lowest BCUT2D eigenvalue weighted by molar-refractivity contribution is -0.115. The van der Waals surface area contributed by atoms with E-state index >= 15 is 0 Å². The van der Waals surface area contributed by atoms with Gasteiger partial charge in [0.05, 0.1) is 17.1 Å². The lowest BCUT2D eigenvalue weighted by Gasteiger charge is -2.21. The van der Waals surface area contributed by atoms with Crippen LogP contribution >= 0.6 is 11.8 Å². The number of hydrogen-bond donors (Lipinski definition) is 1. The van der Waals surface area contributed by atoms with Gasteiger partial charge in [-0.15, -0.1) is 11.8 Å². The van der Waals surface area contributed by atoms with Crippen molar-refractivity contribution in [2.75, 3.05) is 5.32 Å². The largest absolute Gasteiger partial charge is 0.356 e. The van der Waals surface area contributed by atoms with Crippen molar-refractivity contribution in [1.29, 1.82) is 0 Å². The summed E-state index contributed by atoms with van der Waals surface area (Å²) in [7, 11) is 0. The van der Waals surface area contributed by atoms with Gasteiger partial charge in [0.2, 0.25) is 5.91 Å². The topological polar surface area (TPSA) is 55.1 Å². The molecule has 1 amide bonds. The smallest absolute Gasteiger partial charge is 0.237 e. The molecule has 1 aromatic heterocycles. The Morgan fingerprint density at radius 1 is 1.41 bits per heavy atom. The molecule has 0 fully saturated rings. The van der Waals surface area contributed by atoms with E-state index in [9.17, 15) is 4.79 Å². The third-order valence-corrected chi connectivity index (χ3v) is 3.81. The molecule has 0 spiro atoms. The van der Waals surface area contributed by atoms with Gasteiger partial charge in [-0.3, -0.25) is 4.79 Å². The molecule has 1 aromatic carbocycles. The molecule has 0 radical (unpaired) electrons. The van der Waals surface area contributed by atoms with Crippen molar-refractivity contribution >= 4 is 23.4 Å². The highest BCUT2D eigenvalue weighted by atomic mass is 32.2. The molecule has 2 heterocycles. The van der Waals surface area contributed by atoms with E-state index in [1.807, 2.05) is 25.1 Å². The summed E-state index contributed by atoms with van der Waals surface area (Å²) in [5.41, 5.74) is 1.75. The van der Waals surface area contributed by atoms with Gasteiger partial charge < -0.3 is 9.84 Å². The molecule has 0 saturated carbocycles. The Kier molecular flexibility index (Phi) is 2.40. The zero-order valence-electron chi connectivity index (χ0n) is 9.14. The van der Waals surface area contributed by atoms with E-state index in [0.29, 0.717) is 5.76 Å². The van der Waals surface area contributed by atoms with Crippen molar-refractivity contribution in [2.45, 2.75) is 17.1 Å². The van der Waals surface area contributed by atoms with Crippen LogP contribution in [0, 0.1) is 0 Å². The summed E-state index contributed by atoms with van der Waals surface area (Å²) in [5, 5.41) is 6.52. The van der Waals surface area contributed by atoms with Crippen molar-refractivity contribution < 1.29 is 9.32 Å². The third-order valence-electron chi connectivity index (χ3n) is 2.63. The van der Waals surface area contributed by atoms with Gasteiger partial charge in [0.15, 0.2) is 5.76 Å². The zero-order chi connectivity index (χ0) is 11.8. The molecule has 4 nitrogen and oxygen atoms in total. The Bertz CT molecular complexity index is 566. The minimum atomic E-state index is -0.0429. The number of carbonyl (C=O) groups is 1. The second-order valence-corrected chi connectivity index (χ2v) is 5.22. The molecule has 86 valence electrons. The molecular weight excluding hydrogens is 236 g/mol. The fourth-order valence-corrected chi connectivity index (χ4v) is 2.66. The van der Waals surface area contributed by atoms with Crippen molar-refractivity contribution in [3.8, 4) is 11.3 Å². The Balaban J connectivity index is 2.02. The molecule has 0 bridgehead atoms. The molecule has 17 heavy (non-hydrogen) atoms. The van der Waals surface area contributed by atoms with Crippen molar-refractivity contribution in [3.63, 3.8) is 0 Å². The monoisotopic (exact) mass is 246 g/mol. The van der Waals surface area contributed by atoms with Crippen molar-refractivity contribution in [2.24, 2.45) is 0 Å². The van der Waals surface area contributed by atoms with E-state index in [4.69, 9.17) is 4.52 Å². The Morgan fingerprint density at radius 3 is 3.06 bits per heavy atom. The average Bonchev–Trinajstić information content (AvgIpc) is 2.83. The van der Waals surface area contributed by atoms with Crippen LogP contribution in [0.25, 0.3) is 11.3 Å². The number of aromatic nitrogens is 1. The third kappa shape index (κ3) is 1.82. The van der Waals surface area contributed by atoms with Gasteiger partial charge in [0.1, 0.15) is 0 Å². The molecule has 1 atom stereocenters. The van der Waals surface area contributed by atoms with E-state index in [2.05, 4.69) is 10.5 Å². The first-order valence-electron chi connectivity index (χ1n) is 5.26. The summed E-state index contributed by atoms with van der Waals surface area (Å²) < 4.78 is 5.09. The van der Waals surface area contributed by atoms with Crippen LogP contribution in [0.4, 0.5) is 5.69 Å². The maximum atomic E-state index is 11.6. The summed E-state index contributed by atoms with van der Waals surface area (Å²) in [6.45, 7) is 1.90. The second-order valence-electron chi connectivity index (χ2n) is 3.84. The van der Waals surface area contributed by atoms with Crippen LogP contribution in [0.1, 0.15) is 6.92 Å². The molecule has 0 saturated heterocycles. The number of benzene rings is 1. The fourth-order valence-electron chi connectivity index (χ4n) is 1.73. The maximum absolute atomic E-state index is 11.6. The highest BCUT2D eigenvalue weighted by Crippen LogP contribution is 2.37. The Morgan fingerprint density at radius 2 is 2.29 bits per heavy atom. The van der Waals surface area contributed by atoms with Gasteiger partial charge in [-0.05, 0) is 25.1 Å². The number of carbonyl (C=O) groups excluding carboxylic acids is 1. The molecule has 1 unspecified atom stereocenters. The van der Waals surface area contributed by atoms with Crippen LogP contribution in [-0.4, -0.2) is 16.3 Å². The first kappa shape index (κ1) is 10.4. The van der Waals surface area contributed by atoms with E-state index in [0.717, 1.165) is 16.1 Å². The normalized spacial score (nSPS) is 18.6. The highest BCUT2D eigenvalue weighted by Gasteiger charge is 2.23. The van der Waals surface area contributed by atoms with Gasteiger partial charge in [-0.2, -0.15) is 0 Å². The molecule has 1 N–H and O–H groups in total. The maximum Gasteiger partial charge on any atom is 0.237 e. The lowest BCUT2D eigenvalue weighted by Crippen LogP contribution is -2.26. The Labute approximate surface area is 102 Å². The zero-order valence-corrected chi connectivity index (χ0v) is 9.95. The number of rotatable bonds is 1. The predicted octanol–water partition coefficient (Wildman–Crippen LogP) is 2.77. The van der Waals surface area contributed by atoms with Crippen molar-refractivity contribution in [3.05, 3.63) is 30.5 Å². The van der Waals surface area contributed by atoms with Crippen LogP contribution in [0.2, 0.25) is 0 Å². The lowest BCUT2D eigenvalue weighted by atomic mass is 10.1. The standard InChI is InChI=1S/C12H10N2O2S/c1-7-12(15)14-9-6-8(2-3-11(9)17-7)10-4-5-13-16-10/h2-7H,1H3,(H,14,15). The summed E-state index contributed by atoms with van der Waals surface area (Å²) in [4.78, 5) is 12.7. The molecule has 1 aliphatic rings. The molecule has 2 aromatic rings.